The minimum atomic E-state index is -1.06. The second-order valence-electron chi connectivity index (χ2n) is 6.88. The fourth-order valence-electron chi connectivity index (χ4n) is 3.18. The normalized spacial score (nSPS) is 12.4. The lowest BCUT2D eigenvalue weighted by molar-refractivity contribution is -0.148. The number of amides is 1. The topological polar surface area (TPSA) is 72.5 Å². The molecular formula is C25H23NO4. The highest BCUT2D eigenvalue weighted by atomic mass is 16.5. The second kappa shape index (κ2) is 10.2. The molecule has 0 aromatic heterocycles. The molecule has 2 atom stereocenters. The number of ketones is 1. The molecule has 3 aromatic carbocycles. The molecular weight excluding hydrogens is 378 g/mol. The Morgan fingerprint density at radius 2 is 1.27 bits per heavy atom. The number of hydrogen-bond donors (Lipinski definition) is 1. The molecule has 1 amide bonds. The van der Waals surface area contributed by atoms with Crippen LogP contribution in [0.3, 0.4) is 0 Å². The molecule has 0 saturated heterocycles. The van der Waals surface area contributed by atoms with Crippen molar-refractivity contribution in [2.75, 3.05) is 0 Å². The summed E-state index contributed by atoms with van der Waals surface area (Å²) in [5.74, 6) is -1.13. The lowest BCUT2D eigenvalue weighted by Crippen LogP contribution is -2.29. The van der Waals surface area contributed by atoms with Crippen LogP contribution in [0.15, 0.2) is 91.0 Å². The van der Waals surface area contributed by atoms with Gasteiger partial charge in [0.2, 0.25) is 11.7 Å². The molecule has 0 radical (unpaired) electrons. The maximum Gasteiger partial charge on any atom is 0.309 e. The molecule has 5 heteroatoms. The first-order valence-electron chi connectivity index (χ1n) is 9.70. The molecule has 0 heterocycles. The van der Waals surface area contributed by atoms with E-state index in [9.17, 15) is 14.4 Å². The SMILES string of the molecule is CC(=O)N[C@@H](CC(=O)O[C@@H](C(=O)c1ccccc1)c1ccccc1)c1ccccc1. The van der Waals surface area contributed by atoms with Gasteiger partial charge in [-0.3, -0.25) is 14.4 Å². The van der Waals surface area contributed by atoms with Crippen molar-refractivity contribution < 1.29 is 19.1 Å². The number of hydrogen-bond acceptors (Lipinski definition) is 4. The Kier molecular flexibility index (Phi) is 7.11. The van der Waals surface area contributed by atoms with Gasteiger partial charge in [0.05, 0.1) is 12.5 Å². The molecule has 3 rings (SSSR count). The van der Waals surface area contributed by atoms with Crippen molar-refractivity contribution in [1.29, 1.82) is 0 Å². The lowest BCUT2D eigenvalue weighted by atomic mass is 9.99. The van der Waals surface area contributed by atoms with Crippen LogP contribution in [0.1, 0.15) is 47.0 Å². The predicted molar refractivity (Wildman–Crippen MR) is 114 cm³/mol. The maximum absolute atomic E-state index is 13.1. The molecule has 0 unspecified atom stereocenters. The van der Waals surface area contributed by atoms with E-state index in [-0.39, 0.29) is 18.1 Å². The number of carbonyl (C=O) groups excluding carboxylic acids is 3. The summed E-state index contributed by atoms with van der Waals surface area (Å²) < 4.78 is 5.65. The highest BCUT2D eigenvalue weighted by molar-refractivity contribution is 6.01. The van der Waals surface area contributed by atoms with Gasteiger partial charge in [-0.05, 0) is 5.56 Å². The van der Waals surface area contributed by atoms with Crippen molar-refractivity contribution in [3.05, 3.63) is 108 Å². The van der Waals surface area contributed by atoms with Gasteiger partial charge in [0.15, 0.2) is 6.10 Å². The summed E-state index contributed by atoms with van der Waals surface area (Å²) in [5.41, 5.74) is 1.84. The number of benzene rings is 3. The number of ether oxygens (including phenoxy) is 1. The zero-order chi connectivity index (χ0) is 21.3. The number of esters is 1. The first kappa shape index (κ1) is 21.0. The summed E-state index contributed by atoms with van der Waals surface area (Å²) >= 11 is 0. The van der Waals surface area contributed by atoms with Crippen LogP contribution in [0.4, 0.5) is 0 Å². The fraction of sp³-hybridized carbons (Fsp3) is 0.160. The summed E-state index contributed by atoms with van der Waals surface area (Å²) in [5, 5.41) is 2.78. The average molecular weight is 401 g/mol. The van der Waals surface area contributed by atoms with E-state index in [4.69, 9.17) is 4.74 Å². The maximum atomic E-state index is 13.1. The van der Waals surface area contributed by atoms with Crippen LogP contribution in [0.25, 0.3) is 0 Å². The number of carbonyl (C=O) groups is 3. The van der Waals surface area contributed by atoms with Crippen molar-refractivity contribution in [1.82, 2.24) is 5.32 Å². The smallest absolute Gasteiger partial charge is 0.309 e. The van der Waals surface area contributed by atoms with E-state index in [1.165, 1.54) is 6.92 Å². The van der Waals surface area contributed by atoms with Crippen LogP contribution in [-0.4, -0.2) is 17.7 Å². The summed E-state index contributed by atoms with van der Waals surface area (Å²) in [6.07, 6.45) is -1.15. The van der Waals surface area contributed by atoms with Gasteiger partial charge in [-0.2, -0.15) is 0 Å². The summed E-state index contributed by atoms with van der Waals surface area (Å²) in [6.45, 7) is 1.40. The largest absolute Gasteiger partial charge is 0.449 e. The molecule has 0 aliphatic rings. The van der Waals surface area contributed by atoms with Gasteiger partial charge < -0.3 is 10.1 Å². The van der Waals surface area contributed by atoms with Crippen LogP contribution >= 0.6 is 0 Å². The molecule has 0 fully saturated rings. The summed E-state index contributed by atoms with van der Waals surface area (Å²) in [4.78, 5) is 37.5. The van der Waals surface area contributed by atoms with Crippen LogP contribution in [-0.2, 0) is 14.3 Å². The van der Waals surface area contributed by atoms with Gasteiger partial charge in [-0.15, -0.1) is 0 Å². The van der Waals surface area contributed by atoms with Crippen LogP contribution < -0.4 is 5.32 Å². The zero-order valence-electron chi connectivity index (χ0n) is 16.7. The highest BCUT2D eigenvalue weighted by Gasteiger charge is 2.27. The Morgan fingerprint density at radius 1 is 0.767 bits per heavy atom. The molecule has 152 valence electrons. The van der Waals surface area contributed by atoms with Crippen molar-refractivity contribution in [3.8, 4) is 0 Å². The van der Waals surface area contributed by atoms with E-state index >= 15 is 0 Å². The number of nitrogens with one attached hydrogen (secondary N) is 1. The van der Waals surface area contributed by atoms with E-state index in [0.717, 1.165) is 5.56 Å². The molecule has 0 saturated carbocycles. The molecule has 5 nitrogen and oxygen atoms in total. The second-order valence-corrected chi connectivity index (χ2v) is 6.88. The fourth-order valence-corrected chi connectivity index (χ4v) is 3.18. The van der Waals surface area contributed by atoms with Crippen molar-refractivity contribution in [2.45, 2.75) is 25.5 Å². The molecule has 0 bridgehead atoms. The Bertz CT molecular complexity index is 987. The Morgan fingerprint density at radius 3 is 1.80 bits per heavy atom. The summed E-state index contributed by atoms with van der Waals surface area (Å²) in [7, 11) is 0. The number of Topliss-reactive ketones (excluding diaryl/α,β-unsaturated/α-hetero) is 1. The van der Waals surface area contributed by atoms with E-state index < -0.39 is 18.1 Å². The average Bonchev–Trinajstić information content (AvgIpc) is 2.78. The Hall–Kier alpha value is -3.73. The minimum absolute atomic E-state index is 0.0883. The third-order valence-corrected chi connectivity index (χ3v) is 4.60. The minimum Gasteiger partial charge on any atom is -0.449 e. The van der Waals surface area contributed by atoms with Gasteiger partial charge in [-0.25, -0.2) is 0 Å². The van der Waals surface area contributed by atoms with Crippen LogP contribution in [0.5, 0.6) is 0 Å². The van der Waals surface area contributed by atoms with E-state index in [1.807, 2.05) is 42.5 Å². The monoisotopic (exact) mass is 401 g/mol. The lowest BCUT2D eigenvalue weighted by Gasteiger charge is -2.21. The molecule has 30 heavy (non-hydrogen) atoms. The third kappa shape index (κ3) is 5.64. The first-order chi connectivity index (χ1) is 14.5. The van der Waals surface area contributed by atoms with Crippen molar-refractivity contribution >= 4 is 17.7 Å². The van der Waals surface area contributed by atoms with Crippen molar-refractivity contribution in [2.24, 2.45) is 0 Å². The van der Waals surface area contributed by atoms with Crippen molar-refractivity contribution in [3.63, 3.8) is 0 Å². The van der Waals surface area contributed by atoms with Gasteiger partial charge in [0.25, 0.3) is 0 Å². The van der Waals surface area contributed by atoms with Gasteiger partial charge >= 0.3 is 5.97 Å². The predicted octanol–water partition coefficient (Wildman–Crippen LogP) is 4.42. The zero-order valence-corrected chi connectivity index (χ0v) is 16.7. The van der Waals surface area contributed by atoms with Crippen LogP contribution in [0.2, 0.25) is 0 Å². The summed E-state index contributed by atoms with van der Waals surface area (Å²) in [6, 6.07) is 26.3. The third-order valence-electron chi connectivity index (χ3n) is 4.60. The van der Waals surface area contributed by atoms with Crippen LogP contribution in [0, 0.1) is 0 Å². The quantitative estimate of drug-likeness (QED) is 0.448. The molecule has 0 spiro atoms. The number of rotatable bonds is 8. The van der Waals surface area contributed by atoms with E-state index in [0.29, 0.717) is 11.1 Å². The highest BCUT2D eigenvalue weighted by Crippen LogP contribution is 2.25. The van der Waals surface area contributed by atoms with Gasteiger partial charge in [0.1, 0.15) is 0 Å². The first-order valence-corrected chi connectivity index (χ1v) is 9.70. The Balaban J connectivity index is 1.82. The Labute approximate surface area is 175 Å². The van der Waals surface area contributed by atoms with E-state index in [2.05, 4.69) is 5.32 Å². The molecule has 0 aliphatic heterocycles. The molecule has 1 N–H and O–H groups in total. The van der Waals surface area contributed by atoms with Gasteiger partial charge in [-0.1, -0.05) is 91.0 Å². The standard InChI is InChI=1S/C25H23NO4/c1-18(27)26-22(19-11-5-2-6-12-19)17-23(28)30-25(21-15-9-4-10-16-21)24(29)20-13-7-3-8-14-20/h2-16,22,25H,17H2,1H3,(H,26,27)/t22-,25+/m0/s1. The molecule has 3 aromatic rings. The molecule has 0 aliphatic carbocycles. The van der Waals surface area contributed by atoms with Gasteiger partial charge in [0, 0.05) is 18.1 Å². The van der Waals surface area contributed by atoms with E-state index in [1.54, 1.807) is 48.5 Å².